The first-order valence-corrected chi connectivity index (χ1v) is 9.37. The fourth-order valence-electron chi connectivity index (χ4n) is 3.13. The number of nitrogens with one attached hydrogen (secondary N) is 3. The monoisotopic (exact) mass is 426 g/mol. The molecule has 0 spiro atoms. The minimum absolute atomic E-state index is 0.0177. The molecule has 0 aromatic carbocycles. The number of H-pyrrole nitrogens is 1. The van der Waals surface area contributed by atoms with Crippen molar-refractivity contribution in [3.8, 4) is 0 Å². The van der Waals surface area contributed by atoms with Crippen molar-refractivity contribution in [1.29, 1.82) is 0 Å². The number of aromatic amines is 1. The number of likely N-dealkylation sites (tertiary alicyclic amines) is 1. The Morgan fingerprint density at radius 1 is 1.23 bits per heavy atom. The van der Waals surface area contributed by atoms with Gasteiger partial charge in [-0.05, 0) is 12.8 Å². The standard InChI is InChI=1S/C17H26N6O7/c18-10(6-24)14(26)22-12(7-25)16(28)23-3-1-2-13(23)15(27)21-11(17(29)30)4-9-5-19-8-20-9/h5,8,10-13,24-25H,1-4,6-7,18H2,(H,19,20)(H,21,27)(H,22,26)(H,29,30). The summed E-state index contributed by atoms with van der Waals surface area (Å²) in [5, 5.41) is 32.5. The van der Waals surface area contributed by atoms with E-state index in [1.54, 1.807) is 0 Å². The SMILES string of the molecule is NC(CO)C(=O)NC(CO)C(=O)N1CCCC1C(=O)NC(Cc1cnc[nH]1)C(=O)O. The maximum Gasteiger partial charge on any atom is 0.326 e. The molecule has 0 aliphatic carbocycles. The summed E-state index contributed by atoms with van der Waals surface area (Å²) in [6, 6.07) is -4.78. The molecule has 0 bridgehead atoms. The molecule has 166 valence electrons. The Bertz CT molecular complexity index is 756. The van der Waals surface area contributed by atoms with Crippen molar-refractivity contribution in [2.45, 2.75) is 43.4 Å². The van der Waals surface area contributed by atoms with Crippen LogP contribution < -0.4 is 16.4 Å². The fraction of sp³-hybridized carbons (Fsp3) is 0.588. The zero-order valence-electron chi connectivity index (χ0n) is 16.2. The molecule has 4 unspecified atom stereocenters. The van der Waals surface area contributed by atoms with Crippen LogP contribution in [-0.2, 0) is 25.6 Å². The predicted molar refractivity (Wildman–Crippen MR) is 101 cm³/mol. The van der Waals surface area contributed by atoms with Crippen LogP contribution in [0.15, 0.2) is 12.5 Å². The Morgan fingerprint density at radius 3 is 2.53 bits per heavy atom. The molecular formula is C17H26N6O7. The minimum Gasteiger partial charge on any atom is -0.480 e. The quantitative estimate of drug-likeness (QED) is 0.196. The normalized spacial score (nSPS) is 19.0. The van der Waals surface area contributed by atoms with Gasteiger partial charge in [0.25, 0.3) is 0 Å². The molecule has 30 heavy (non-hydrogen) atoms. The predicted octanol–water partition coefficient (Wildman–Crippen LogP) is -3.69. The highest BCUT2D eigenvalue weighted by atomic mass is 16.4. The van der Waals surface area contributed by atoms with Crippen LogP contribution in [0.3, 0.4) is 0 Å². The van der Waals surface area contributed by atoms with Crippen LogP contribution in [0.5, 0.6) is 0 Å². The first kappa shape index (κ1) is 23.3. The van der Waals surface area contributed by atoms with Crippen molar-refractivity contribution < 1.29 is 34.5 Å². The van der Waals surface area contributed by atoms with Crippen LogP contribution in [-0.4, -0.2) is 97.8 Å². The van der Waals surface area contributed by atoms with Gasteiger partial charge in [0.1, 0.15) is 24.2 Å². The van der Waals surface area contributed by atoms with E-state index in [-0.39, 0.29) is 13.0 Å². The molecule has 2 rings (SSSR count). The summed E-state index contributed by atoms with van der Waals surface area (Å²) < 4.78 is 0. The van der Waals surface area contributed by atoms with Crippen molar-refractivity contribution in [2.75, 3.05) is 19.8 Å². The number of nitrogens with zero attached hydrogens (tertiary/aromatic N) is 2. The molecule has 4 atom stereocenters. The molecule has 1 aromatic heterocycles. The average molecular weight is 426 g/mol. The van der Waals surface area contributed by atoms with Gasteiger partial charge in [-0.2, -0.15) is 0 Å². The lowest BCUT2D eigenvalue weighted by molar-refractivity contribution is -0.145. The van der Waals surface area contributed by atoms with E-state index in [0.29, 0.717) is 18.5 Å². The molecule has 3 amide bonds. The lowest BCUT2D eigenvalue weighted by atomic mass is 10.1. The molecule has 0 radical (unpaired) electrons. The Hall–Kier alpha value is -3.03. The number of imidazole rings is 1. The van der Waals surface area contributed by atoms with Gasteiger partial charge in [0.05, 0.1) is 19.5 Å². The summed E-state index contributed by atoms with van der Waals surface area (Å²) in [6.45, 7) is -1.17. The van der Waals surface area contributed by atoms with Crippen LogP contribution in [0, 0.1) is 0 Å². The van der Waals surface area contributed by atoms with Gasteiger partial charge >= 0.3 is 5.97 Å². The number of aliphatic hydroxyl groups excluding tert-OH is 2. The summed E-state index contributed by atoms with van der Waals surface area (Å²) in [7, 11) is 0. The molecule has 0 saturated carbocycles. The number of rotatable bonds is 10. The van der Waals surface area contributed by atoms with Crippen molar-refractivity contribution in [1.82, 2.24) is 25.5 Å². The first-order valence-electron chi connectivity index (χ1n) is 9.37. The topological polar surface area (TPSA) is 211 Å². The van der Waals surface area contributed by atoms with Gasteiger partial charge in [-0.1, -0.05) is 0 Å². The molecule has 1 fully saturated rings. The zero-order chi connectivity index (χ0) is 22.3. The smallest absolute Gasteiger partial charge is 0.326 e. The molecular weight excluding hydrogens is 400 g/mol. The third kappa shape index (κ3) is 5.75. The molecule has 1 aliphatic rings. The van der Waals surface area contributed by atoms with E-state index in [1.165, 1.54) is 17.4 Å². The number of aromatic nitrogens is 2. The van der Waals surface area contributed by atoms with E-state index < -0.39 is 61.1 Å². The van der Waals surface area contributed by atoms with Crippen LogP contribution >= 0.6 is 0 Å². The zero-order valence-corrected chi connectivity index (χ0v) is 16.2. The maximum absolute atomic E-state index is 12.8. The number of hydrogen-bond acceptors (Lipinski definition) is 8. The van der Waals surface area contributed by atoms with E-state index in [4.69, 9.17) is 10.8 Å². The van der Waals surface area contributed by atoms with Crippen molar-refractivity contribution in [3.05, 3.63) is 18.2 Å². The van der Waals surface area contributed by atoms with Crippen LogP contribution in [0.4, 0.5) is 0 Å². The third-order valence-corrected chi connectivity index (χ3v) is 4.76. The Kier molecular flexibility index (Phi) is 8.26. The molecule has 8 N–H and O–H groups in total. The summed E-state index contributed by atoms with van der Waals surface area (Å²) in [6.07, 6.45) is 3.61. The Balaban J connectivity index is 2.05. The number of nitrogens with two attached hydrogens (primary N) is 1. The van der Waals surface area contributed by atoms with Gasteiger partial charge in [0, 0.05) is 24.9 Å². The van der Waals surface area contributed by atoms with E-state index in [0.717, 1.165) is 0 Å². The summed E-state index contributed by atoms with van der Waals surface area (Å²) in [5.41, 5.74) is 5.91. The Morgan fingerprint density at radius 2 is 1.97 bits per heavy atom. The van der Waals surface area contributed by atoms with E-state index in [1.807, 2.05) is 0 Å². The highest BCUT2D eigenvalue weighted by molar-refractivity contribution is 5.94. The van der Waals surface area contributed by atoms with Crippen molar-refractivity contribution in [3.63, 3.8) is 0 Å². The highest BCUT2D eigenvalue weighted by Gasteiger charge is 2.39. The second-order valence-electron chi connectivity index (χ2n) is 6.90. The summed E-state index contributed by atoms with van der Waals surface area (Å²) in [4.78, 5) is 56.5. The molecule has 1 saturated heterocycles. The van der Waals surface area contributed by atoms with E-state index in [9.17, 15) is 29.4 Å². The van der Waals surface area contributed by atoms with E-state index >= 15 is 0 Å². The number of carbonyl (C=O) groups excluding carboxylic acids is 3. The number of amides is 3. The summed E-state index contributed by atoms with van der Waals surface area (Å²) >= 11 is 0. The second kappa shape index (κ2) is 10.7. The van der Waals surface area contributed by atoms with Gasteiger partial charge in [-0.3, -0.25) is 14.4 Å². The molecule has 1 aromatic rings. The number of aliphatic carboxylic acids is 1. The van der Waals surface area contributed by atoms with Gasteiger partial charge in [-0.15, -0.1) is 0 Å². The molecule has 13 heteroatoms. The Labute approximate surface area is 171 Å². The van der Waals surface area contributed by atoms with Gasteiger partial charge in [0.2, 0.25) is 17.7 Å². The van der Waals surface area contributed by atoms with Crippen LogP contribution in [0.25, 0.3) is 0 Å². The lowest BCUT2D eigenvalue weighted by Crippen LogP contribution is -2.58. The van der Waals surface area contributed by atoms with Crippen molar-refractivity contribution in [2.24, 2.45) is 5.73 Å². The third-order valence-electron chi connectivity index (χ3n) is 4.76. The number of carboxylic acids is 1. The van der Waals surface area contributed by atoms with Gasteiger partial charge in [-0.25, -0.2) is 9.78 Å². The molecule has 2 heterocycles. The highest BCUT2D eigenvalue weighted by Crippen LogP contribution is 2.19. The van der Waals surface area contributed by atoms with Crippen LogP contribution in [0.2, 0.25) is 0 Å². The number of carboxylic acid groups (broad SMARTS) is 1. The minimum atomic E-state index is -1.34. The second-order valence-corrected chi connectivity index (χ2v) is 6.90. The first-order chi connectivity index (χ1) is 14.3. The van der Waals surface area contributed by atoms with Crippen LogP contribution in [0.1, 0.15) is 18.5 Å². The molecule has 1 aliphatic heterocycles. The largest absolute Gasteiger partial charge is 0.480 e. The van der Waals surface area contributed by atoms with E-state index in [2.05, 4.69) is 20.6 Å². The molecule has 13 nitrogen and oxygen atoms in total. The number of aliphatic hydroxyl groups is 2. The lowest BCUT2D eigenvalue weighted by Gasteiger charge is -2.29. The summed E-state index contributed by atoms with van der Waals surface area (Å²) in [5.74, 6) is -3.42. The van der Waals surface area contributed by atoms with Gasteiger partial charge in [0.15, 0.2) is 0 Å². The average Bonchev–Trinajstić information content (AvgIpc) is 3.41. The number of carbonyl (C=O) groups is 4. The maximum atomic E-state index is 12.8. The van der Waals surface area contributed by atoms with Gasteiger partial charge < -0.3 is 41.6 Å². The fourth-order valence-corrected chi connectivity index (χ4v) is 3.13. The van der Waals surface area contributed by atoms with Crippen molar-refractivity contribution >= 4 is 23.7 Å². The number of hydrogen-bond donors (Lipinski definition) is 7.